The average Bonchev–Trinajstić information content (AvgIpc) is 2.28. The van der Waals surface area contributed by atoms with Gasteiger partial charge in [0, 0.05) is 53.0 Å². The van der Waals surface area contributed by atoms with Crippen LogP contribution in [0.2, 0.25) is 0 Å². The van der Waals surface area contributed by atoms with Gasteiger partial charge in [-0.25, -0.2) is 9.97 Å². The summed E-state index contributed by atoms with van der Waals surface area (Å²) in [6, 6.07) is 98.1. The monoisotopic (exact) mass is 1160 g/mol. The Morgan fingerprint density at radius 1 is 0.226 bits per heavy atom. The van der Waals surface area contributed by atoms with Gasteiger partial charge in [0.2, 0.25) is 0 Å². The molecule has 0 bridgehead atoms. The molecule has 14 rings (SSSR count). The lowest BCUT2D eigenvalue weighted by molar-refractivity contribution is 0.590. The van der Waals surface area contributed by atoms with E-state index in [0.29, 0.717) is 47.9 Å². The molecule has 0 aliphatic carbocycles. The molecule has 0 saturated heterocycles. The Morgan fingerprint density at radius 2 is 0.571 bits per heavy atom. The number of hydrogen-bond donors (Lipinski definition) is 0. The van der Waals surface area contributed by atoms with Gasteiger partial charge in [-0.05, 0) is 60.3 Å². The summed E-state index contributed by atoms with van der Waals surface area (Å²) >= 11 is 0. The molecule has 0 amide bonds. The van der Waals surface area contributed by atoms with Crippen molar-refractivity contribution in [1.82, 2.24) is 9.97 Å². The van der Waals surface area contributed by atoms with Crippen LogP contribution in [-0.4, -0.2) is 9.97 Å². The maximum absolute atomic E-state index is 17.2. The molecular weight excluding hydrogens is 1100 g/mol. The van der Waals surface area contributed by atoms with Gasteiger partial charge in [-0.2, -0.15) is 0 Å². The van der Waals surface area contributed by atoms with E-state index in [1.54, 1.807) is 0 Å². The molecule has 10 heteroatoms. The predicted octanol–water partition coefficient (Wildman–Crippen LogP) is 13.3. The summed E-state index contributed by atoms with van der Waals surface area (Å²) in [6.07, 6.45) is 3.05. The first-order chi connectivity index (χ1) is 41.2. The molecule has 402 valence electrons. The summed E-state index contributed by atoms with van der Waals surface area (Å²) in [7, 11) is -14.4. The van der Waals surface area contributed by atoms with Crippen LogP contribution in [-0.2, 0) is 18.3 Å². The third-order valence-corrected chi connectivity index (χ3v) is 28.4. The molecule has 1 heterocycles. The molecule has 6 nitrogen and oxygen atoms in total. The molecule has 3 atom stereocenters. The molecule has 0 fully saturated rings. The quantitative estimate of drug-likeness (QED) is 0.107. The lowest BCUT2D eigenvalue weighted by Gasteiger charge is -2.25. The van der Waals surface area contributed by atoms with E-state index in [4.69, 9.17) is 9.97 Å². The van der Waals surface area contributed by atoms with Crippen molar-refractivity contribution in [2.45, 2.75) is 0 Å². The van der Waals surface area contributed by atoms with Crippen LogP contribution in [0.25, 0.3) is 54.2 Å². The molecule has 13 aromatic carbocycles. The highest BCUT2D eigenvalue weighted by molar-refractivity contribution is 7.87. The highest BCUT2D eigenvalue weighted by Crippen LogP contribution is 2.50. The van der Waals surface area contributed by atoms with E-state index >= 15 is 18.3 Å². The van der Waals surface area contributed by atoms with Crippen molar-refractivity contribution >= 4 is 136 Å². The molecule has 0 saturated carbocycles. The number of rotatable bonds is 13. The minimum atomic E-state index is -3.77. The molecule has 0 aliphatic heterocycles. The lowest BCUT2D eigenvalue weighted by Crippen LogP contribution is -2.32. The van der Waals surface area contributed by atoms with Crippen LogP contribution in [0.3, 0.4) is 0 Å². The zero-order valence-electron chi connectivity index (χ0n) is 45.3. The van der Waals surface area contributed by atoms with Crippen molar-refractivity contribution in [3.63, 3.8) is 0 Å². The molecule has 84 heavy (non-hydrogen) atoms. The number of aromatic nitrogens is 2. The van der Waals surface area contributed by atoms with Crippen LogP contribution in [0.1, 0.15) is 0 Å². The van der Waals surface area contributed by atoms with E-state index in [-0.39, 0.29) is 5.44 Å². The van der Waals surface area contributed by atoms with E-state index in [2.05, 4.69) is 54.6 Å². The van der Waals surface area contributed by atoms with E-state index in [1.165, 1.54) is 12.4 Å². The Labute approximate surface area is 487 Å². The second-order valence-corrected chi connectivity index (χ2v) is 31.8. The molecular formula is C74H52N2O4P4. The molecule has 1 aromatic heterocycles. The third kappa shape index (κ3) is 8.80. The summed E-state index contributed by atoms with van der Waals surface area (Å²) in [6.45, 7) is 0. The van der Waals surface area contributed by atoms with E-state index < -0.39 is 28.6 Å². The minimum absolute atomic E-state index is 0.273. The standard InChI is InChI=1S/C74H52N2O4P4/c77-81(64-45-40-53-20-10-11-23-57(53)50-64,70-37-16-24-54-21-12-14-32-66(54)70)61-46-48-63(49-47-61)84(80,71-38-17-25-55-22-13-15-33-67(55)71)72-39-19-35-68-65(34-18-36-69(68)72)56-41-43-62(44-42-56)83(79,60-30-8-3-9-31-60)74-52-75-73(51-76-74)82(78,58-26-4-1-5-27-58)59-28-6-2-7-29-59/h1-52H. The summed E-state index contributed by atoms with van der Waals surface area (Å²) in [5.41, 5.74) is 2.35. The molecule has 14 aromatic rings. The van der Waals surface area contributed by atoms with Crippen molar-refractivity contribution in [3.8, 4) is 11.1 Å². The van der Waals surface area contributed by atoms with Crippen LogP contribution in [0, 0.1) is 0 Å². The maximum atomic E-state index is 17.2. The number of fused-ring (bicyclic) bond motifs is 4. The van der Waals surface area contributed by atoms with Crippen LogP contribution in [0.5, 0.6) is 0 Å². The van der Waals surface area contributed by atoms with E-state index in [0.717, 1.165) is 64.8 Å². The van der Waals surface area contributed by atoms with Gasteiger partial charge in [-0.1, -0.05) is 297 Å². The Bertz CT molecular complexity index is 4970. The summed E-state index contributed by atoms with van der Waals surface area (Å²) in [5.74, 6) is 0. The second kappa shape index (κ2) is 21.6. The van der Waals surface area contributed by atoms with Gasteiger partial charge >= 0.3 is 0 Å². The summed E-state index contributed by atoms with van der Waals surface area (Å²) in [5, 5.41) is 14.1. The smallest absolute Gasteiger partial charge is 0.190 e. The highest BCUT2D eigenvalue weighted by Gasteiger charge is 2.38. The maximum Gasteiger partial charge on any atom is 0.190 e. The van der Waals surface area contributed by atoms with Crippen LogP contribution < -0.4 is 63.9 Å². The first-order valence-electron chi connectivity index (χ1n) is 27.8. The fraction of sp³-hybridized carbons (Fsp3) is 0. The number of benzene rings is 13. The van der Waals surface area contributed by atoms with Gasteiger partial charge in [0.15, 0.2) is 28.6 Å². The van der Waals surface area contributed by atoms with Gasteiger partial charge in [-0.3, -0.25) is 0 Å². The molecule has 0 N–H and O–H groups in total. The zero-order valence-corrected chi connectivity index (χ0v) is 48.9. The fourth-order valence-corrected chi connectivity index (χ4v) is 22.9. The Hall–Kier alpha value is -9.10. The Morgan fingerprint density at radius 3 is 1.10 bits per heavy atom. The summed E-state index contributed by atoms with van der Waals surface area (Å²) in [4.78, 5) is 9.70. The van der Waals surface area contributed by atoms with E-state index in [9.17, 15) is 0 Å². The van der Waals surface area contributed by atoms with Gasteiger partial charge < -0.3 is 18.3 Å². The highest BCUT2D eigenvalue weighted by atomic mass is 31.2. The second-order valence-electron chi connectivity index (χ2n) is 20.9. The van der Waals surface area contributed by atoms with Crippen molar-refractivity contribution in [2.75, 3.05) is 0 Å². The first-order valence-corrected chi connectivity index (χ1v) is 34.6. The van der Waals surface area contributed by atoms with Gasteiger partial charge in [-0.15, -0.1) is 0 Å². The zero-order chi connectivity index (χ0) is 56.9. The van der Waals surface area contributed by atoms with Crippen molar-refractivity contribution < 1.29 is 18.3 Å². The largest absolute Gasteiger partial charge is 0.309 e. The lowest BCUT2D eigenvalue weighted by atomic mass is 9.98. The topological polar surface area (TPSA) is 94.1 Å². The predicted molar refractivity (Wildman–Crippen MR) is 355 cm³/mol. The van der Waals surface area contributed by atoms with Crippen LogP contribution in [0.4, 0.5) is 0 Å². The minimum Gasteiger partial charge on any atom is -0.309 e. The molecule has 0 radical (unpaired) electrons. The van der Waals surface area contributed by atoms with Gasteiger partial charge in [0.1, 0.15) is 10.9 Å². The third-order valence-electron chi connectivity index (χ3n) is 16.3. The molecule has 3 unspecified atom stereocenters. The average molecular weight is 1160 g/mol. The SMILES string of the molecule is O=P(c1ccccc1)(c1ccccc1)c1cnc(P(=O)(c2ccccc2)c2ccc(-c3cccc4c(P(=O)(c5ccc(P(=O)(c6ccc7ccccc7c6)c6cccc7ccccc67)cc5)c5cccc6ccccc56)cccc34)cc2)cn1. The van der Waals surface area contributed by atoms with Crippen molar-refractivity contribution in [2.24, 2.45) is 0 Å². The normalized spacial score (nSPS) is 14.0. The number of nitrogens with zero attached hydrogens (tertiary/aromatic N) is 2. The molecule has 0 spiro atoms. The molecule has 0 aliphatic rings. The van der Waals surface area contributed by atoms with Crippen LogP contribution in [0.15, 0.2) is 316 Å². The van der Waals surface area contributed by atoms with Crippen molar-refractivity contribution in [1.29, 1.82) is 0 Å². The Balaban J connectivity index is 0.885. The van der Waals surface area contributed by atoms with Crippen molar-refractivity contribution in [3.05, 3.63) is 316 Å². The van der Waals surface area contributed by atoms with Gasteiger partial charge in [0.05, 0.1) is 12.4 Å². The Kier molecular flexibility index (Phi) is 13.6. The van der Waals surface area contributed by atoms with Crippen LogP contribution >= 0.6 is 28.6 Å². The summed E-state index contributed by atoms with van der Waals surface area (Å²) < 4.78 is 65.0. The van der Waals surface area contributed by atoms with E-state index in [1.807, 2.05) is 249 Å². The first kappa shape index (κ1) is 52.9. The van der Waals surface area contributed by atoms with Gasteiger partial charge in [0.25, 0.3) is 0 Å². The number of hydrogen-bond acceptors (Lipinski definition) is 6. The fourth-order valence-electron chi connectivity index (χ4n) is 12.1.